The molecule has 2 heterocycles. The average molecular weight is 619 g/mol. The van der Waals surface area contributed by atoms with Crippen LogP contribution in [-0.4, -0.2) is 42.2 Å². The quantitative estimate of drug-likeness (QED) is 0.346. The minimum absolute atomic E-state index is 0. The number of rotatable bonds is 1. The molecule has 1 N–H and O–H groups in total. The van der Waals surface area contributed by atoms with Gasteiger partial charge in [-0.05, 0) is 56.6 Å². The summed E-state index contributed by atoms with van der Waals surface area (Å²) in [5, 5.41) is 4.42. The molecule has 6 nitrogen and oxygen atoms in total. The number of methoxy groups -OCH3 is 1. The highest BCUT2D eigenvalue weighted by atomic mass is 79.9. The molecule has 3 aromatic rings. The predicted octanol–water partition coefficient (Wildman–Crippen LogP) is 6.29. The molecule has 168 valence electrons. The van der Waals surface area contributed by atoms with Crippen LogP contribution in [0.2, 0.25) is 0 Å². The Morgan fingerprint density at radius 1 is 1.10 bits per heavy atom. The third-order valence-electron chi connectivity index (χ3n) is 5.13. The second-order valence-corrected chi connectivity index (χ2v) is 8.23. The molecule has 0 radical (unpaired) electrons. The normalized spacial score (nSPS) is 14.7. The molecule has 1 aliphatic rings. The van der Waals surface area contributed by atoms with Gasteiger partial charge in [0, 0.05) is 28.2 Å². The Morgan fingerprint density at radius 2 is 1.94 bits per heavy atom. The second-order valence-electron chi connectivity index (χ2n) is 7.32. The number of fused-ring (bicyclic) bond motifs is 2. The number of benzene rings is 2. The van der Waals surface area contributed by atoms with Gasteiger partial charge in [0.2, 0.25) is 0 Å². The van der Waals surface area contributed by atoms with E-state index in [1.165, 1.54) is 5.56 Å². The Kier molecular flexibility index (Phi) is 9.99. The Balaban J connectivity index is 0.00000171. The van der Waals surface area contributed by atoms with Gasteiger partial charge < -0.3 is 19.7 Å². The van der Waals surface area contributed by atoms with Crippen molar-refractivity contribution >= 4 is 72.3 Å². The van der Waals surface area contributed by atoms with Crippen molar-refractivity contribution in [1.29, 1.82) is 0 Å². The highest BCUT2D eigenvalue weighted by molar-refractivity contribution is 9.10. The Bertz CT molecular complexity index is 1020. The van der Waals surface area contributed by atoms with E-state index in [9.17, 15) is 0 Å². The van der Waals surface area contributed by atoms with Gasteiger partial charge in [0.1, 0.15) is 12.1 Å². The lowest BCUT2D eigenvalue weighted by Crippen LogP contribution is -2.20. The lowest BCUT2D eigenvalue weighted by Gasteiger charge is -2.20. The maximum absolute atomic E-state index is 6.05. The molecule has 31 heavy (non-hydrogen) atoms. The van der Waals surface area contributed by atoms with E-state index in [1.807, 2.05) is 12.1 Å². The summed E-state index contributed by atoms with van der Waals surface area (Å²) in [4.78, 5) is 11.3. The molecule has 0 saturated carbocycles. The van der Waals surface area contributed by atoms with Gasteiger partial charge in [-0.25, -0.2) is 9.97 Å². The van der Waals surface area contributed by atoms with Gasteiger partial charge in [-0.1, -0.05) is 22.0 Å². The van der Waals surface area contributed by atoms with Crippen LogP contribution in [-0.2, 0) is 6.54 Å². The Labute approximate surface area is 212 Å². The number of nitrogens with zero attached hydrogens (tertiary/aromatic N) is 3. The smallest absolute Gasteiger partial charge is 0.162 e. The summed E-state index contributed by atoms with van der Waals surface area (Å²) < 4.78 is 12.6. The van der Waals surface area contributed by atoms with E-state index in [4.69, 9.17) is 9.47 Å². The van der Waals surface area contributed by atoms with Crippen LogP contribution in [0.1, 0.15) is 24.8 Å². The fraction of sp³-hybridized carbons (Fsp3) is 0.364. The Hall–Kier alpha value is -1.42. The molecule has 0 saturated heterocycles. The third-order valence-corrected chi connectivity index (χ3v) is 5.62. The highest BCUT2D eigenvalue weighted by Crippen LogP contribution is 2.36. The van der Waals surface area contributed by atoms with E-state index >= 15 is 0 Å². The van der Waals surface area contributed by atoms with E-state index in [2.05, 4.69) is 61.4 Å². The minimum atomic E-state index is 0. The van der Waals surface area contributed by atoms with Crippen molar-refractivity contribution in [3.05, 3.63) is 46.7 Å². The van der Waals surface area contributed by atoms with Crippen molar-refractivity contribution in [2.45, 2.75) is 25.8 Å². The van der Waals surface area contributed by atoms with Crippen molar-refractivity contribution in [3.8, 4) is 11.5 Å². The zero-order valence-corrected chi connectivity index (χ0v) is 22.6. The van der Waals surface area contributed by atoms with Crippen LogP contribution in [0.25, 0.3) is 10.9 Å². The summed E-state index contributed by atoms with van der Waals surface area (Å²) in [6.45, 7) is 2.58. The van der Waals surface area contributed by atoms with E-state index in [-0.39, 0.29) is 34.0 Å². The lowest BCUT2D eigenvalue weighted by molar-refractivity contribution is 0.275. The van der Waals surface area contributed by atoms with Crippen molar-refractivity contribution in [2.24, 2.45) is 0 Å². The van der Waals surface area contributed by atoms with E-state index in [0.29, 0.717) is 12.4 Å². The van der Waals surface area contributed by atoms with Crippen molar-refractivity contribution < 1.29 is 9.47 Å². The fourth-order valence-corrected chi connectivity index (χ4v) is 3.94. The standard InChI is InChI=1S/C22H25BrN4O2.2BrH/c1-27-8-4-3-5-9-29-21-11-17-19(12-20(21)28-2)24-14-25-22(17)26-18-10-16(23)7-6-15(18)13-27;;/h6-7,10-12,14H,3-5,8-9,13H2,1-2H3,(H,24,25,26);2*1H. The zero-order valence-electron chi connectivity index (χ0n) is 17.6. The predicted molar refractivity (Wildman–Crippen MR) is 140 cm³/mol. The number of halogens is 3. The number of hydrogen-bond donors (Lipinski definition) is 1. The first-order valence-corrected chi connectivity index (χ1v) is 10.6. The van der Waals surface area contributed by atoms with Crippen LogP contribution in [0.4, 0.5) is 11.5 Å². The first kappa shape index (κ1) is 25.8. The number of ether oxygens (including phenoxy) is 2. The summed E-state index contributed by atoms with van der Waals surface area (Å²) in [6.07, 6.45) is 4.85. The van der Waals surface area contributed by atoms with Crippen LogP contribution in [0.3, 0.4) is 0 Å². The molecule has 2 aromatic carbocycles. The van der Waals surface area contributed by atoms with E-state index < -0.39 is 0 Å². The largest absolute Gasteiger partial charge is 0.493 e. The molecule has 1 aliphatic heterocycles. The van der Waals surface area contributed by atoms with Gasteiger partial charge in [-0.2, -0.15) is 0 Å². The van der Waals surface area contributed by atoms with Gasteiger partial charge >= 0.3 is 0 Å². The molecule has 2 bridgehead atoms. The molecule has 0 aliphatic carbocycles. The van der Waals surface area contributed by atoms with E-state index in [0.717, 1.165) is 65.0 Å². The number of hydrogen-bond acceptors (Lipinski definition) is 6. The molecule has 1 aromatic heterocycles. The molecule has 0 atom stereocenters. The summed E-state index contributed by atoms with van der Waals surface area (Å²) in [6, 6.07) is 10.2. The summed E-state index contributed by atoms with van der Waals surface area (Å²) >= 11 is 3.59. The van der Waals surface area contributed by atoms with Crippen LogP contribution in [0.15, 0.2) is 41.1 Å². The van der Waals surface area contributed by atoms with Gasteiger partial charge in [0.25, 0.3) is 0 Å². The molecule has 0 spiro atoms. The first-order valence-electron chi connectivity index (χ1n) is 9.83. The zero-order chi connectivity index (χ0) is 20.2. The molecular formula is C22H27Br3N4O2. The average Bonchev–Trinajstić information content (AvgIpc) is 2.72. The topological polar surface area (TPSA) is 59.5 Å². The number of nitrogens with one attached hydrogen (secondary N) is 1. The Morgan fingerprint density at radius 3 is 2.74 bits per heavy atom. The van der Waals surface area contributed by atoms with Gasteiger partial charge in [-0.15, -0.1) is 34.0 Å². The van der Waals surface area contributed by atoms with Crippen LogP contribution >= 0.6 is 49.9 Å². The van der Waals surface area contributed by atoms with Crippen LogP contribution in [0, 0.1) is 0 Å². The molecule has 4 rings (SSSR count). The molecular weight excluding hydrogens is 592 g/mol. The number of aromatic nitrogens is 2. The van der Waals surface area contributed by atoms with Gasteiger partial charge in [0.05, 0.1) is 19.2 Å². The van der Waals surface area contributed by atoms with Gasteiger partial charge in [-0.3, -0.25) is 0 Å². The summed E-state index contributed by atoms with van der Waals surface area (Å²) in [5.74, 6) is 2.16. The fourth-order valence-electron chi connectivity index (χ4n) is 3.58. The lowest BCUT2D eigenvalue weighted by atomic mass is 10.1. The van der Waals surface area contributed by atoms with Crippen molar-refractivity contribution in [2.75, 3.05) is 32.6 Å². The SMILES string of the molecule is Br.Br.COc1cc2ncnc3c2cc1OCCCCCN(C)Cc1ccc(Br)cc1N3. The first-order chi connectivity index (χ1) is 14.1. The monoisotopic (exact) mass is 616 g/mol. The third kappa shape index (κ3) is 6.31. The van der Waals surface area contributed by atoms with E-state index in [1.54, 1.807) is 13.4 Å². The maximum Gasteiger partial charge on any atom is 0.162 e. The molecule has 0 amide bonds. The second kappa shape index (κ2) is 12.0. The summed E-state index contributed by atoms with van der Waals surface area (Å²) in [5.41, 5.74) is 3.06. The van der Waals surface area contributed by atoms with Crippen LogP contribution < -0.4 is 14.8 Å². The molecule has 9 heteroatoms. The van der Waals surface area contributed by atoms with Gasteiger partial charge in [0.15, 0.2) is 11.5 Å². The molecule has 0 fully saturated rings. The van der Waals surface area contributed by atoms with Crippen LogP contribution in [0.5, 0.6) is 11.5 Å². The highest BCUT2D eigenvalue weighted by Gasteiger charge is 2.14. The minimum Gasteiger partial charge on any atom is -0.493 e. The van der Waals surface area contributed by atoms with Crippen molar-refractivity contribution in [1.82, 2.24) is 14.9 Å². The molecule has 0 unspecified atom stereocenters. The summed E-state index contributed by atoms with van der Waals surface area (Å²) in [7, 11) is 3.82. The number of anilines is 2. The van der Waals surface area contributed by atoms with Crippen molar-refractivity contribution in [3.63, 3.8) is 0 Å². The maximum atomic E-state index is 6.05.